The van der Waals surface area contributed by atoms with E-state index in [1.54, 1.807) is 24.3 Å². The van der Waals surface area contributed by atoms with Crippen molar-refractivity contribution in [3.8, 4) is 5.75 Å². The minimum absolute atomic E-state index is 0.136. The monoisotopic (exact) mass is 458 g/mol. The lowest BCUT2D eigenvalue weighted by Gasteiger charge is -2.20. The van der Waals surface area contributed by atoms with Gasteiger partial charge in [-0.15, -0.1) is 0 Å². The molecular weight excluding hydrogens is 436 g/mol. The fourth-order valence-electron chi connectivity index (χ4n) is 2.88. The highest BCUT2D eigenvalue weighted by Crippen LogP contribution is 2.23. The Labute approximate surface area is 187 Å². The smallest absolute Gasteiger partial charge is 0.264 e. The number of hydrogen-bond acceptors (Lipinski definition) is 4. The number of amides is 1. The van der Waals surface area contributed by atoms with Crippen LogP contribution in [0.3, 0.4) is 0 Å². The van der Waals surface area contributed by atoms with Crippen molar-refractivity contribution >= 4 is 33.2 Å². The zero-order chi connectivity index (χ0) is 22.4. The normalized spacial score (nSPS) is 11.1. The van der Waals surface area contributed by atoms with Crippen molar-refractivity contribution in [3.63, 3.8) is 0 Å². The third kappa shape index (κ3) is 5.57. The summed E-state index contributed by atoms with van der Waals surface area (Å²) in [6.07, 6.45) is 0. The zero-order valence-electron chi connectivity index (χ0n) is 17.2. The van der Waals surface area contributed by atoms with Gasteiger partial charge in [-0.2, -0.15) is 0 Å². The van der Waals surface area contributed by atoms with Crippen molar-refractivity contribution in [2.75, 3.05) is 18.0 Å². The van der Waals surface area contributed by atoms with Gasteiger partial charge in [-0.05, 0) is 73.2 Å². The van der Waals surface area contributed by atoms with Gasteiger partial charge in [-0.1, -0.05) is 23.7 Å². The summed E-state index contributed by atoms with van der Waals surface area (Å²) in [5, 5.41) is 3.31. The molecule has 31 heavy (non-hydrogen) atoms. The maximum atomic E-state index is 12.8. The molecule has 0 unspecified atom stereocenters. The molecule has 0 atom stereocenters. The Morgan fingerprint density at radius 2 is 1.58 bits per heavy atom. The highest BCUT2D eigenvalue weighted by Gasteiger charge is 2.21. The van der Waals surface area contributed by atoms with Gasteiger partial charge in [-0.25, -0.2) is 8.42 Å². The van der Waals surface area contributed by atoms with E-state index in [9.17, 15) is 13.2 Å². The Hall–Kier alpha value is -3.03. The number of hydrogen-bond donors (Lipinski definition) is 1. The van der Waals surface area contributed by atoms with Gasteiger partial charge in [0.15, 0.2) is 0 Å². The molecule has 0 saturated carbocycles. The summed E-state index contributed by atoms with van der Waals surface area (Å²) in [7, 11) is -2.27. The summed E-state index contributed by atoms with van der Waals surface area (Å²) in [5.74, 6) is 0.537. The number of sulfonamides is 1. The zero-order valence-corrected chi connectivity index (χ0v) is 18.8. The van der Waals surface area contributed by atoms with E-state index < -0.39 is 10.0 Å². The van der Waals surface area contributed by atoms with E-state index in [0.29, 0.717) is 29.4 Å². The van der Waals surface area contributed by atoms with Crippen molar-refractivity contribution in [1.29, 1.82) is 0 Å². The Morgan fingerprint density at radius 3 is 2.16 bits per heavy atom. The Balaban J connectivity index is 1.64. The lowest BCUT2D eigenvalue weighted by Crippen LogP contribution is -2.27. The van der Waals surface area contributed by atoms with Crippen LogP contribution in [0, 0.1) is 0 Å². The average Bonchev–Trinajstić information content (AvgIpc) is 2.78. The first-order valence-electron chi connectivity index (χ1n) is 9.66. The van der Waals surface area contributed by atoms with Crippen LogP contribution in [-0.4, -0.2) is 28.0 Å². The quantitative estimate of drug-likeness (QED) is 0.539. The van der Waals surface area contributed by atoms with Crippen molar-refractivity contribution in [1.82, 2.24) is 5.32 Å². The van der Waals surface area contributed by atoms with Crippen LogP contribution in [0.25, 0.3) is 0 Å². The van der Waals surface area contributed by atoms with Crippen LogP contribution in [0.15, 0.2) is 77.7 Å². The topological polar surface area (TPSA) is 75.7 Å². The summed E-state index contributed by atoms with van der Waals surface area (Å²) in [6.45, 7) is 2.89. The number of halogens is 1. The van der Waals surface area contributed by atoms with Gasteiger partial charge in [0, 0.05) is 24.2 Å². The summed E-state index contributed by atoms with van der Waals surface area (Å²) < 4.78 is 32.1. The van der Waals surface area contributed by atoms with Gasteiger partial charge in [0.2, 0.25) is 0 Å². The third-order valence-corrected chi connectivity index (χ3v) is 6.70. The predicted molar refractivity (Wildman–Crippen MR) is 122 cm³/mol. The van der Waals surface area contributed by atoms with Crippen molar-refractivity contribution in [2.45, 2.75) is 18.4 Å². The number of carbonyl (C=O) groups is 1. The number of rotatable bonds is 8. The number of anilines is 1. The first kappa shape index (κ1) is 22.7. The van der Waals surface area contributed by atoms with Gasteiger partial charge in [0.1, 0.15) is 5.75 Å². The Bertz CT molecular complexity index is 1130. The molecular formula is C23H23ClN2O4S. The largest absolute Gasteiger partial charge is 0.494 e. The van der Waals surface area contributed by atoms with Gasteiger partial charge >= 0.3 is 0 Å². The molecule has 0 aromatic heterocycles. The molecule has 0 heterocycles. The molecule has 0 aliphatic rings. The van der Waals surface area contributed by atoms with Crippen LogP contribution >= 0.6 is 11.6 Å². The van der Waals surface area contributed by atoms with Crippen LogP contribution in [0.5, 0.6) is 5.75 Å². The maximum Gasteiger partial charge on any atom is 0.264 e. The van der Waals surface area contributed by atoms with E-state index in [4.69, 9.17) is 16.3 Å². The highest BCUT2D eigenvalue weighted by molar-refractivity contribution is 7.92. The summed E-state index contributed by atoms with van der Waals surface area (Å²) in [5.41, 5.74) is 1.83. The van der Waals surface area contributed by atoms with E-state index in [2.05, 4.69) is 5.32 Å². The minimum Gasteiger partial charge on any atom is -0.494 e. The van der Waals surface area contributed by atoms with Crippen LogP contribution in [-0.2, 0) is 16.6 Å². The molecule has 3 aromatic rings. The number of carbonyl (C=O) groups excluding carboxylic acids is 1. The van der Waals surface area contributed by atoms with E-state index >= 15 is 0 Å². The van der Waals surface area contributed by atoms with E-state index in [1.807, 2.05) is 31.2 Å². The highest BCUT2D eigenvalue weighted by atomic mass is 35.5. The molecule has 1 amide bonds. The Kier molecular flexibility index (Phi) is 7.20. The van der Waals surface area contributed by atoms with Gasteiger partial charge in [0.25, 0.3) is 15.9 Å². The third-order valence-electron chi connectivity index (χ3n) is 4.65. The standard InChI is InChI=1S/C23H23ClN2O4S/c1-3-30-21-12-4-17(5-13-21)16-25-23(27)18-6-10-20(11-7-18)26(2)31(28,29)22-14-8-19(24)9-15-22/h4-15H,3,16H2,1-2H3,(H,25,27). The van der Waals surface area contributed by atoms with Crippen LogP contribution in [0.2, 0.25) is 5.02 Å². The van der Waals surface area contributed by atoms with E-state index in [0.717, 1.165) is 15.6 Å². The van der Waals surface area contributed by atoms with Crippen molar-refractivity contribution in [2.24, 2.45) is 0 Å². The molecule has 0 fully saturated rings. The van der Waals surface area contributed by atoms with Crippen molar-refractivity contribution < 1.29 is 17.9 Å². The molecule has 0 bridgehead atoms. The van der Waals surface area contributed by atoms with Gasteiger partial charge < -0.3 is 10.1 Å². The molecule has 8 heteroatoms. The van der Waals surface area contributed by atoms with Crippen LogP contribution in [0.4, 0.5) is 5.69 Å². The van der Waals surface area contributed by atoms with Gasteiger partial charge in [0.05, 0.1) is 17.2 Å². The molecule has 162 valence electrons. The second-order valence-corrected chi connectivity index (χ2v) is 9.14. The van der Waals surface area contributed by atoms with E-state index in [1.165, 1.54) is 31.3 Å². The van der Waals surface area contributed by atoms with Crippen LogP contribution in [0.1, 0.15) is 22.8 Å². The molecule has 0 aliphatic heterocycles. The molecule has 0 spiro atoms. The summed E-state index contributed by atoms with van der Waals surface area (Å²) >= 11 is 5.84. The first-order chi connectivity index (χ1) is 14.8. The lowest BCUT2D eigenvalue weighted by atomic mass is 10.1. The molecule has 0 aliphatic carbocycles. The second-order valence-electron chi connectivity index (χ2n) is 6.73. The molecule has 3 aromatic carbocycles. The predicted octanol–water partition coefficient (Wildman–Crippen LogP) is 4.49. The number of benzene rings is 3. The van der Waals surface area contributed by atoms with Gasteiger partial charge in [-0.3, -0.25) is 9.10 Å². The summed E-state index contributed by atoms with van der Waals surface area (Å²) in [6, 6.07) is 19.9. The first-order valence-corrected chi connectivity index (χ1v) is 11.5. The fraction of sp³-hybridized carbons (Fsp3) is 0.174. The SMILES string of the molecule is CCOc1ccc(CNC(=O)c2ccc(N(C)S(=O)(=O)c3ccc(Cl)cc3)cc2)cc1. The molecule has 6 nitrogen and oxygen atoms in total. The number of nitrogens with zero attached hydrogens (tertiary/aromatic N) is 1. The Morgan fingerprint density at radius 1 is 0.968 bits per heavy atom. The fourth-order valence-corrected chi connectivity index (χ4v) is 4.20. The van der Waals surface area contributed by atoms with E-state index in [-0.39, 0.29) is 10.8 Å². The molecule has 0 radical (unpaired) electrons. The number of ether oxygens (including phenoxy) is 1. The van der Waals surface area contributed by atoms with Crippen molar-refractivity contribution in [3.05, 3.63) is 88.9 Å². The molecule has 3 rings (SSSR count). The maximum absolute atomic E-state index is 12.8. The second kappa shape index (κ2) is 9.85. The summed E-state index contributed by atoms with van der Waals surface area (Å²) in [4.78, 5) is 12.6. The average molecular weight is 459 g/mol. The van der Waals surface area contributed by atoms with Crippen LogP contribution < -0.4 is 14.4 Å². The molecule has 0 saturated heterocycles. The lowest BCUT2D eigenvalue weighted by molar-refractivity contribution is 0.0951. The molecule has 1 N–H and O–H groups in total. The minimum atomic E-state index is -3.73. The number of nitrogens with one attached hydrogen (secondary N) is 1.